The van der Waals surface area contributed by atoms with Crippen LogP contribution >= 0.6 is 0 Å². The number of piperidine rings is 2. The lowest BCUT2D eigenvalue weighted by molar-refractivity contribution is -0.139. The van der Waals surface area contributed by atoms with Crippen molar-refractivity contribution >= 4 is 11.7 Å². The molecule has 0 aromatic carbocycles. The average molecular weight is 354 g/mol. The summed E-state index contributed by atoms with van der Waals surface area (Å²) < 4.78 is 0. The van der Waals surface area contributed by atoms with E-state index in [9.17, 15) is 4.79 Å². The fourth-order valence-corrected chi connectivity index (χ4v) is 4.32. The largest absolute Gasteiger partial charge is 0.355 e. The van der Waals surface area contributed by atoms with Gasteiger partial charge < -0.3 is 14.8 Å². The Bertz CT molecular complexity index is 774. The van der Waals surface area contributed by atoms with Crippen molar-refractivity contribution in [1.29, 1.82) is 0 Å². The van der Waals surface area contributed by atoms with Crippen LogP contribution in [0.25, 0.3) is 0 Å². The fourth-order valence-electron chi connectivity index (χ4n) is 4.32. The van der Waals surface area contributed by atoms with Gasteiger partial charge in [-0.15, -0.1) is 0 Å². The van der Waals surface area contributed by atoms with Gasteiger partial charge in [-0.2, -0.15) is 0 Å². The number of likely N-dealkylation sites (tertiary alicyclic amines) is 1. The normalized spacial score (nSPS) is 23.2. The third kappa shape index (κ3) is 3.30. The number of imidazole rings is 1. The summed E-state index contributed by atoms with van der Waals surface area (Å²) in [7, 11) is 0. The molecule has 1 N–H and O–H groups in total. The third-order valence-corrected chi connectivity index (χ3v) is 5.67. The number of hydrogen-bond donors (Lipinski definition) is 1. The molecule has 0 saturated carbocycles. The molecule has 2 atom stereocenters. The Morgan fingerprint density at radius 3 is 2.96 bits per heavy atom. The van der Waals surface area contributed by atoms with Gasteiger partial charge in [0.25, 0.3) is 0 Å². The molecular weight excluding hydrogens is 328 g/mol. The lowest BCUT2D eigenvalue weighted by Crippen LogP contribution is -2.56. The Morgan fingerprint density at radius 2 is 2.15 bits per heavy atom. The average Bonchev–Trinajstić information content (AvgIpc) is 3.16. The van der Waals surface area contributed by atoms with Gasteiger partial charge in [-0.1, -0.05) is 0 Å². The topological polar surface area (TPSA) is 78.0 Å². The van der Waals surface area contributed by atoms with Gasteiger partial charge in [-0.05, 0) is 32.6 Å². The fraction of sp³-hybridized carbons (Fsp3) is 0.579. The standard InChI is InChI=1S/C19H26N6O/c1-13-9-21-14(2)19(23-13)24-7-6-17-15(11-24)3-4-18(26)25(17)8-5-16-10-20-12-22-16/h9-10,12,15,17H,3-8,11H2,1-2H3,(H,20,22)/t15-,17+/m1/s1. The summed E-state index contributed by atoms with van der Waals surface area (Å²) in [5, 5.41) is 0. The number of H-pyrrole nitrogens is 1. The van der Waals surface area contributed by atoms with Crippen LogP contribution in [0.1, 0.15) is 36.3 Å². The minimum Gasteiger partial charge on any atom is -0.355 e. The van der Waals surface area contributed by atoms with Crippen LogP contribution in [0.3, 0.4) is 0 Å². The maximum Gasteiger partial charge on any atom is 0.222 e. The van der Waals surface area contributed by atoms with E-state index in [4.69, 9.17) is 4.98 Å². The molecule has 2 aromatic heterocycles. The number of aromatic amines is 1. The summed E-state index contributed by atoms with van der Waals surface area (Å²) in [6, 6.07) is 0.341. The van der Waals surface area contributed by atoms with E-state index in [1.165, 1.54) is 0 Å². The highest BCUT2D eigenvalue weighted by atomic mass is 16.2. The van der Waals surface area contributed by atoms with Crippen LogP contribution in [-0.2, 0) is 11.2 Å². The number of hydrogen-bond acceptors (Lipinski definition) is 5. The van der Waals surface area contributed by atoms with Crippen LogP contribution in [0.2, 0.25) is 0 Å². The molecular formula is C19H26N6O. The molecule has 0 radical (unpaired) electrons. The maximum absolute atomic E-state index is 12.5. The number of aromatic nitrogens is 4. The van der Waals surface area contributed by atoms with Crippen molar-refractivity contribution in [2.75, 3.05) is 24.5 Å². The van der Waals surface area contributed by atoms with Crippen LogP contribution in [0.4, 0.5) is 5.82 Å². The molecule has 7 nitrogen and oxygen atoms in total. The zero-order valence-corrected chi connectivity index (χ0v) is 15.5. The molecule has 2 aliphatic heterocycles. The van der Waals surface area contributed by atoms with E-state index >= 15 is 0 Å². The SMILES string of the molecule is Cc1cnc(C)c(N2CC[C@H]3[C@H](CCC(=O)N3CCc3cnc[nH]3)C2)n1. The zero-order valence-electron chi connectivity index (χ0n) is 15.5. The van der Waals surface area contributed by atoms with Gasteiger partial charge in [-0.25, -0.2) is 9.97 Å². The molecule has 0 bridgehead atoms. The van der Waals surface area contributed by atoms with E-state index in [-0.39, 0.29) is 0 Å². The number of aryl methyl sites for hydroxylation is 2. The molecule has 2 saturated heterocycles. The Kier molecular flexibility index (Phi) is 4.61. The maximum atomic E-state index is 12.5. The molecule has 4 rings (SSSR count). The van der Waals surface area contributed by atoms with Gasteiger partial charge in [0.1, 0.15) is 5.82 Å². The van der Waals surface area contributed by atoms with E-state index in [0.717, 1.165) is 61.8 Å². The van der Waals surface area contributed by atoms with Gasteiger partial charge in [0, 0.05) is 56.6 Å². The second kappa shape index (κ2) is 7.05. The van der Waals surface area contributed by atoms with Crippen LogP contribution in [0.5, 0.6) is 0 Å². The lowest BCUT2D eigenvalue weighted by Gasteiger charge is -2.47. The second-order valence-corrected chi connectivity index (χ2v) is 7.44. The van der Waals surface area contributed by atoms with Gasteiger partial charge >= 0.3 is 0 Å². The summed E-state index contributed by atoms with van der Waals surface area (Å²) in [6.45, 7) is 6.66. The quantitative estimate of drug-likeness (QED) is 0.907. The van der Waals surface area contributed by atoms with Crippen LogP contribution in [0, 0.1) is 19.8 Å². The van der Waals surface area contributed by atoms with Crippen LogP contribution < -0.4 is 4.90 Å². The molecule has 2 aliphatic rings. The van der Waals surface area contributed by atoms with Crippen molar-refractivity contribution in [1.82, 2.24) is 24.8 Å². The summed E-state index contributed by atoms with van der Waals surface area (Å²) in [4.78, 5) is 33.4. The number of fused-ring (bicyclic) bond motifs is 1. The highest BCUT2D eigenvalue weighted by molar-refractivity contribution is 5.77. The van der Waals surface area contributed by atoms with E-state index in [1.807, 2.05) is 26.2 Å². The van der Waals surface area contributed by atoms with Gasteiger partial charge in [0.05, 0.1) is 17.7 Å². The zero-order chi connectivity index (χ0) is 18.1. The smallest absolute Gasteiger partial charge is 0.222 e. The lowest BCUT2D eigenvalue weighted by atomic mass is 9.83. The van der Waals surface area contributed by atoms with Crippen molar-refractivity contribution in [3.63, 3.8) is 0 Å². The van der Waals surface area contributed by atoms with Gasteiger partial charge in [0.2, 0.25) is 5.91 Å². The number of nitrogens with one attached hydrogen (secondary N) is 1. The first-order valence-electron chi connectivity index (χ1n) is 9.43. The number of carbonyl (C=O) groups is 1. The first-order chi connectivity index (χ1) is 12.6. The van der Waals surface area contributed by atoms with E-state index < -0.39 is 0 Å². The highest BCUT2D eigenvalue weighted by Crippen LogP contribution is 2.33. The first-order valence-corrected chi connectivity index (χ1v) is 9.43. The predicted molar refractivity (Wildman–Crippen MR) is 98.9 cm³/mol. The molecule has 4 heterocycles. The van der Waals surface area contributed by atoms with Crippen molar-refractivity contribution in [3.05, 3.63) is 35.8 Å². The monoisotopic (exact) mass is 354 g/mol. The third-order valence-electron chi connectivity index (χ3n) is 5.67. The van der Waals surface area contributed by atoms with Crippen molar-refractivity contribution < 1.29 is 4.79 Å². The van der Waals surface area contributed by atoms with E-state index in [0.29, 0.717) is 24.3 Å². The Labute approximate surface area is 153 Å². The number of amides is 1. The molecule has 26 heavy (non-hydrogen) atoms. The molecule has 0 spiro atoms. The molecule has 2 fully saturated rings. The van der Waals surface area contributed by atoms with Crippen molar-refractivity contribution in [3.8, 4) is 0 Å². The van der Waals surface area contributed by atoms with Gasteiger partial charge in [-0.3, -0.25) is 9.78 Å². The summed E-state index contributed by atoms with van der Waals surface area (Å²) in [6.07, 6.45) is 8.81. The first kappa shape index (κ1) is 17.0. The minimum atomic E-state index is 0.297. The van der Waals surface area contributed by atoms with Crippen LogP contribution in [-0.4, -0.2) is 56.4 Å². The molecule has 7 heteroatoms. The highest BCUT2D eigenvalue weighted by Gasteiger charge is 2.39. The Hall–Kier alpha value is -2.44. The Balaban J connectivity index is 1.46. The molecule has 138 valence electrons. The van der Waals surface area contributed by atoms with E-state index in [2.05, 4.69) is 24.8 Å². The van der Waals surface area contributed by atoms with Gasteiger partial charge in [0.15, 0.2) is 0 Å². The number of anilines is 1. The van der Waals surface area contributed by atoms with E-state index in [1.54, 1.807) is 6.33 Å². The summed E-state index contributed by atoms with van der Waals surface area (Å²) in [5.74, 6) is 1.81. The van der Waals surface area contributed by atoms with Crippen LogP contribution in [0.15, 0.2) is 18.7 Å². The molecule has 0 aliphatic carbocycles. The van der Waals surface area contributed by atoms with Crippen molar-refractivity contribution in [2.24, 2.45) is 5.92 Å². The summed E-state index contributed by atoms with van der Waals surface area (Å²) in [5.41, 5.74) is 3.02. The van der Waals surface area contributed by atoms with Crippen molar-refractivity contribution in [2.45, 2.75) is 45.6 Å². The Morgan fingerprint density at radius 1 is 1.27 bits per heavy atom. The molecule has 1 amide bonds. The molecule has 0 unspecified atom stereocenters. The number of rotatable bonds is 4. The second-order valence-electron chi connectivity index (χ2n) is 7.44. The summed E-state index contributed by atoms with van der Waals surface area (Å²) >= 11 is 0. The number of carbonyl (C=O) groups excluding carboxylic acids is 1. The predicted octanol–water partition coefficient (Wildman–Crippen LogP) is 1.88. The molecule has 2 aromatic rings. The number of nitrogens with zero attached hydrogens (tertiary/aromatic N) is 5. The minimum absolute atomic E-state index is 0.297.